The Morgan fingerprint density at radius 1 is 1.60 bits per heavy atom. The molecule has 2 unspecified atom stereocenters. The van der Waals surface area contributed by atoms with Gasteiger partial charge in [-0.2, -0.15) is 0 Å². The zero-order valence-electron chi connectivity index (χ0n) is 6.21. The highest BCUT2D eigenvalue weighted by Gasteiger charge is 2.23. The normalized spacial score (nSPS) is 32.5. The molecule has 1 rings (SSSR count). The molecular formula is C8H15NO. The summed E-state index contributed by atoms with van der Waals surface area (Å²) in [6, 6.07) is 0. The molecule has 0 saturated carbocycles. The zero-order chi connectivity index (χ0) is 7.40. The van der Waals surface area contributed by atoms with Crippen molar-refractivity contribution in [3.05, 3.63) is 12.7 Å². The van der Waals surface area contributed by atoms with Gasteiger partial charge in [0.1, 0.15) is 0 Å². The summed E-state index contributed by atoms with van der Waals surface area (Å²) in [6.45, 7) is 5.38. The van der Waals surface area contributed by atoms with Crippen molar-refractivity contribution in [3.63, 3.8) is 0 Å². The molecule has 0 bridgehead atoms. The Hall–Kier alpha value is -0.340. The third kappa shape index (κ3) is 1.82. The molecule has 2 atom stereocenters. The number of hydrogen-bond donors (Lipinski definition) is 2. The Labute approximate surface area is 61.9 Å². The summed E-state index contributed by atoms with van der Waals surface area (Å²) < 4.78 is 0. The van der Waals surface area contributed by atoms with E-state index < -0.39 is 0 Å². The highest BCUT2D eigenvalue weighted by Crippen LogP contribution is 2.14. The fourth-order valence-corrected chi connectivity index (χ4v) is 1.35. The minimum Gasteiger partial charge on any atom is -0.391 e. The topological polar surface area (TPSA) is 32.3 Å². The van der Waals surface area contributed by atoms with Gasteiger partial charge in [-0.1, -0.05) is 6.08 Å². The number of rotatable bonds is 3. The number of nitrogens with one attached hydrogen (secondary N) is 1. The smallest absolute Gasteiger partial charge is 0.0704 e. The molecule has 0 aliphatic carbocycles. The average Bonchev–Trinajstić information content (AvgIpc) is 2.31. The summed E-state index contributed by atoms with van der Waals surface area (Å²) in [5, 5.41) is 12.5. The molecule has 1 fully saturated rings. The molecule has 2 N–H and O–H groups in total. The first-order valence-corrected chi connectivity index (χ1v) is 3.84. The van der Waals surface area contributed by atoms with Gasteiger partial charge >= 0.3 is 0 Å². The molecule has 10 heavy (non-hydrogen) atoms. The SMILES string of the molecule is C=CCCC1CNCC1O. The van der Waals surface area contributed by atoms with Crippen LogP contribution in [-0.2, 0) is 0 Å². The van der Waals surface area contributed by atoms with Crippen LogP contribution in [0.1, 0.15) is 12.8 Å². The van der Waals surface area contributed by atoms with E-state index in [2.05, 4.69) is 11.9 Å². The van der Waals surface area contributed by atoms with Crippen molar-refractivity contribution in [1.29, 1.82) is 0 Å². The lowest BCUT2D eigenvalue weighted by Crippen LogP contribution is -2.17. The first kappa shape index (κ1) is 7.76. The predicted molar refractivity (Wildman–Crippen MR) is 41.8 cm³/mol. The molecule has 0 radical (unpaired) electrons. The molecule has 0 amide bonds. The quantitative estimate of drug-likeness (QED) is 0.562. The summed E-state index contributed by atoms with van der Waals surface area (Å²) in [6.07, 6.45) is 3.87. The minimum absolute atomic E-state index is 0.125. The third-order valence-corrected chi connectivity index (χ3v) is 2.05. The van der Waals surface area contributed by atoms with Crippen LogP contribution in [0.5, 0.6) is 0 Å². The van der Waals surface area contributed by atoms with Gasteiger partial charge in [0, 0.05) is 13.1 Å². The number of aliphatic hydroxyl groups is 1. The summed E-state index contributed by atoms with van der Waals surface area (Å²) in [4.78, 5) is 0. The van der Waals surface area contributed by atoms with Crippen molar-refractivity contribution in [1.82, 2.24) is 5.32 Å². The second-order valence-electron chi connectivity index (χ2n) is 2.85. The van der Waals surface area contributed by atoms with Crippen LogP contribution in [0.3, 0.4) is 0 Å². The van der Waals surface area contributed by atoms with E-state index in [0.29, 0.717) is 5.92 Å². The van der Waals surface area contributed by atoms with E-state index in [-0.39, 0.29) is 6.10 Å². The molecule has 1 saturated heterocycles. The van der Waals surface area contributed by atoms with Gasteiger partial charge in [0.25, 0.3) is 0 Å². The van der Waals surface area contributed by atoms with Crippen LogP contribution in [0.2, 0.25) is 0 Å². The lowest BCUT2D eigenvalue weighted by Gasteiger charge is -2.10. The summed E-state index contributed by atoms with van der Waals surface area (Å²) in [5.74, 6) is 0.456. The fraction of sp³-hybridized carbons (Fsp3) is 0.750. The minimum atomic E-state index is -0.125. The van der Waals surface area contributed by atoms with E-state index >= 15 is 0 Å². The van der Waals surface area contributed by atoms with Crippen LogP contribution in [0.25, 0.3) is 0 Å². The monoisotopic (exact) mass is 141 g/mol. The van der Waals surface area contributed by atoms with E-state index in [9.17, 15) is 5.11 Å². The van der Waals surface area contributed by atoms with E-state index in [1.165, 1.54) is 0 Å². The van der Waals surface area contributed by atoms with Crippen LogP contribution >= 0.6 is 0 Å². The average molecular weight is 141 g/mol. The molecule has 58 valence electrons. The fourth-order valence-electron chi connectivity index (χ4n) is 1.35. The molecule has 0 spiro atoms. The molecule has 2 nitrogen and oxygen atoms in total. The molecule has 0 aromatic carbocycles. The Bertz CT molecular complexity index is 114. The van der Waals surface area contributed by atoms with Crippen LogP contribution in [-0.4, -0.2) is 24.3 Å². The maximum atomic E-state index is 9.32. The Balaban J connectivity index is 2.19. The molecule has 0 aromatic heterocycles. The molecular weight excluding hydrogens is 126 g/mol. The van der Waals surface area contributed by atoms with Crippen molar-refractivity contribution >= 4 is 0 Å². The van der Waals surface area contributed by atoms with Crippen LogP contribution < -0.4 is 5.32 Å². The van der Waals surface area contributed by atoms with Gasteiger partial charge in [-0.25, -0.2) is 0 Å². The van der Waals surface area contributed by atoms with E-state index in [0.717, 1.165) is 25.9 Å². The highest BCUT2D eigenvalue weighted by atomic mass is 16.3. The van der Waals surface area contributed by atoms with Crippen LogP contribution in [0, 0.1) is 5.92 Å². The number of hydrogen-bond acceptors (Lipinski definition) is 2. The molecule has 0 aromatic rings. The summed E-state index contributed by atoms with van der Waals surface area (Å²) >= 11 is 0. The Kier molecular flexibility index (Phi) is 2.90. The van der Waals surface area contributed by atoms with Crippen molar-refractivity contribution < 1.29 is 5.11 Å². The third-order valence-electron chi connectivity index (χ3n) is 2.05. The zero-order valence-corrected chi connectivity index (χ0v) is 6.21. The number of β-amino-alcohol motifs (C(OH)–C–C–N with tert-alkyl or cyclic N) is 1. The number of allylic oxidation sites excluding steroid dienone is 1. The van der Waals surface area contributed by atoms with Crippen molar-refractivity contribution in [2.24, 2.45) is 5.92 Å². The second kappa shape index (κ2) is 3.74. The van der Waals surface area contributed by atoms with Crippen molar-refractivity contribution in [2.75, 3.05) is 13.1 Å². The van der Waals surface area contributed by atoms with Crippen molar-refractivity contribution in [2.45, 2.75) is 18.9 Å². The van der Waals surface area contributed by atoms with Crippen LogP contribution in [0.15, 0.2) is 12.7 Å². The van der Waals surface area contributed by atoms with E-state index in [4.69, 9.17) is 0 Å². The van der Waals surface area contributed by atoms with Crippen molar-refractivity contribution in [3.8, 4) is 0 Å². The molecule has 1 aliphatic rings. The molecule has 2 heteroatoms. The van der Waals surface area contributed by atoms with Gasteiger partial charge < -0.3 is 10.4 Å². The maximum Gasteiger partial charge on any atom is 0.0704 e. The van der Waals surface area contributed by atoms with Gasteiger partial charge in [0.05, 0.1) is 6.10 Å². The van der Waals surface area contributed by atoms with Gasteiger partial charge in [0.2, 0.25) is 0 Å². The second-order valence-corrected chi connectivity index (χ2v) is 2.85. The van der Waals surface area contributed by atoms with E-state index in [1.807, 2.05) is 6.08 Å². The number of aliphatic hydroxyl groups excluding tert-OH is 1. The van der Waals surface area contributed by atoms with E-state index in [1.54, 1.807) is 0 Å². The van der Waals surface area contributed by atoms with Gasteiger partial charge in [0.15, 0.2) is 0 Å². The van der Waals surface area contributed by atoms with Gasteiger partial charge in [-0.15, -0.1) is 6.58 Å². The van der Waals surface area contributed by atoms with Gasteiger partial charge in [-0.3, -0.25) is 0 Å². The lowest BCUT2D eigenvalue weighted by atomic mass is 10.0. The summed E-state index contributed by atoms with van der Waals surface area (Å²) in [5.41, 5.74) is 0. The predicted octanol–water partition coefficient (Wildman–Crippen LogP) is 0.533. The standard InChI is InChI=1S/C8H15NO/c1-2-3-4-7-5-9-6-8(7)10/h2,7-10H,1,3-6H2. The highest BCUT2D eigenvalue weighted by molar-refractivity contribution is 4.82. The maximum absolute atomic E-state index is 9.32. The summed E-state index contributed by atoms with van der Waals surface area (Å²) in [7, 11) is 0. The Morgan fingerprint density at radius 2 is 2.40 bits per heavy atom. The lowest BCUT2D eigenvalue weighted by molar-refractivity contribution is 0.143. The first-order chi connectivity index (χ1) is 4.84. The largest absolute Gasteiger partial charge is 0.391 e. The first-order valence-electron chi connectivity index (χ1n) is 3.84. The molecule has 1 aliphatic heterocycles. The molecule has 1 heterocycles. The van der Waals surface area contributed by atoms with Crippen LogP contribution in [0.4, 0.5) is 0 Å². The van der Waals surface area contributed by atoms with Gasteiger partial charge in [-0.05, 0) is 18.8 Å². The Morgan fingerprint density at radius 3 is 2.90 bits per heavy atom.